The molecule has 0 aliphatic heterocycles. The van der Waals surface area contributed by atoms with E-state index in [4.69, 9.17) is 5.11 Å². The summed E-state index contributed by atoms with van der Waals surface area (Å²) in [4.78, 5) is 45.7. The van der Waals surface area contributed by atoms with Gasteiger partial charge in [0, 0.05) is 12.8 Å². The number of hydrogen-bond donors (Lipinski definition) is 3. The highest BCUT2D eigenvalue weighted by Gasteiger charge is 2.53. The van der Waals surface area contributed by atoms with Gasteiger partial charge in [-0.2, -0.15) is 0 Å². The third kappa shape index (κ3) is 28.9. The van der Waals surface area contributed by atoms with Gasteiger partial charge in [-0.25, -0.2) is 0 Å². The zero-order chi connectivity index (χ0) is 35.9. The lowest BCUT2D eigenvalue weighted by Crippen LogP contribution is -2.43. The van der Waals surface area contributed by atoms with Crippen molar-refractivity contribution in [1.29, 1.82) is 0 Å². The first-order chi connectivity index (χ1) is 22.3. The molecule has 0 heterocycles. The number of hydrogen-bond acceptors (Lipinski definition) is 4. The lowest BCUT2D eigenvalue weighted by Gasteiger charge is -2.27. The predicted molar refractivity (Wildman–Crippen MR) is 201 cm³/mol. The fourth-order valence-electron chi connectivity index (χ4n) is 5.87. The molecule has 0 bridgehead atoms. The lowest BCUT2D eigenvalue weighted by atomic mass is 9.92. The molecule has 0 aliphatic rings. The number of ketones is 2. The minimum Gasteiger partial charge on any atom is -0.391 e. The summed E-state index contributed by atoms with van der Waals surface area (Å²) in [5, 5.41) is 6.21. The van der Waals surface area contributed by atoms with E-state index in [1.807, 2.05) is 0 Å². The van der Waals surface area contributed by atoms with Crippen molar-refractivity contribution in [2.45, 2.75) is 206 Å². The molecule has 8 heteroatoms. The first-order valence-electron chi connectivity index (χ1n) is 19.8. The first-order valence-corrected chi connectivity index (χ1v) is 21.4. The van der Waals surface area contributed by atoms with E-state index in [2.05, 4.69) is 35.0 Å². The van der Waals surface area contributed by atoms with Gasteiger partial charge in [0.25, 0.3) is 0 Å². The number of carbonyl (C=O) groups excluding carboxylic acids is 2. The highest BCUT2D eigenvalue weighted by Crippen LogP contribution is 2.52. The summed E-state index contributed by atoms with van der Waals surface area (Å²) in [6.45, 7) is 6.78. The second kappa shape index (κ2) is 31.4. The largest absolute Gasteiger partial charge is 0.391 e. The third-order valence-corrected chi connectivity index (χ3v) is 11.1. The molecule has 0 unspecified atom stereocenters. The molecule has 0 saturated heterocycles. The summed E-state index contributed by atoms with van der Waals surface area (Å²) in [7, 11) is 1.28. The van der Waals surface area contributed by atoms with Crippen LogP contribution in [0.15, 0.2) is 0 Å². The Kier molecular flexibility index (Phi) is 32.4. The molecule has 0 amide bonds. The van der Waals surface area contributed by atoms with Crippen LogP contribution in [0, 0.1) is 0 Å². The van der Waals surface area contributed by atoms with Crippen LogP contribution >= 0.6 is 7.60 Å². The molecule has 0 radical (unpaired) electrons. The average Bonchev–Trinajstić information content (AvgIpc) is 3.00. The van der Waals surface area contributed by atoms with Crippen LogP contribution in [0.4, 0.5) is 0 Å². The van der Waals surface area contributed by atoms with Crippen molar-refractivity contribution >= 4 is 19.2 Å². The van der Waals surface area contributed by atoms with Crippen LogP contribution in [0.1, 0.15) is 201 Å². The Morgan fingerprint density at radius 3 is 0.915 bits per heavy atom. The maximum atomic E-state index is 12.9. The molecule has 3 N–H and O–H groups in total. The van der Waals surface area contributed by atoms with Gasteiger partial charge in [-0.1, -0.05) is 168 Å². The Labute approximate surface area is 292 Å². The maximum Gasteiger partial charge on any atom is 0.346 e. The standard InChI is InChI=1S/C34H67O5P.C5H14NO/c1-4-6-8-10-12-14-16-18-20-22-24-26-28-30-32(35)34(3,40(37,38)39)33(36)31-29-27-25-23-21-19-17-15-13-11-9-7-5-2;1-6(2,3)4-5-7/h4-31H2,1-3H3,(H2,37,38,39);7H,4-5H2,1-3H3/q;+1. The zero-order valence-corrected chi connectivity index (χ0v) is 33.1. The van der Waals surface area contributed by atoms with Crippen molar-refractivity contribution in [3.63, 3.8) is 0 Å². The third-order valence-electron chi connectivity index (χ3n) is 9.45. The zero-order valence-electron chi connectivity index (χ0n) is 32.2. The monoisotopic (exact) mass is 691 g/mol. The molecule has 47 heavy (non-hydrogen) atoms. The summed E-state index contributed by atoms with van der Waals surface area (Å²) in [5.74, 6) is -1.16. The minimum absolute atomic E-state index is 0.0731. The van der Waals surface area contributed by atoms with Gasteiger partial charge in [-0.3, -0.25) is 14.2 Å². The number of rotatable bonds is 33. The Hall–Kier alpha value is -0.590. The number of carbonyl (C=O) groups is 2. The predicted octanol–water partition coefficient (Wildman–Crippen LogP) is 10.7. The van der Waals surface area contributed by atoms with Gasteiger partial charge >= 0.3 is 7.60 Å². The van der Waals surface area contributed by atoms with E-state index in [-0.39, 0.29) is 19.4 Å². The van der Waals surface area contributed by atoms with E-state index in [0.29, 0.717) is 12.8 Å². The molecular formula is C39H81NO6P+. The number of Topliss-reactive ketones (excluding diaryl/α,β-unsaturated/α-hetero) is 2. The fourth-order valence-corrected chi connectivity index (χ4v) is 6.75. The van der Waals surface area contributed by atoms with Crippen molar-refractivity contribution in [2.75, 3.05) is 34.3 Å². The molecule has 7 nitrogen and oxygen atoms in total. The molecule has 0 saturated carbocycles. The van der Waals surface area contributed by atoms with Crippen molar-refractivity contribution in [3.8, 4) is 0 Å². The van der Waals surface area contributed by atoms with E-state index < -0.39 is 24.3 Å². The van der Waals surface area contributed by atoms with Crippen LogP contribution in [-0.2, 0) is 14.2 Å². The summed E-state index contributed by atoms with van der Waals surface area (Å²) in [6, 6.07) is 0. The fraction of sp³-hybridized carbons (Fsp3) is 0.949. The highest BCUT2D eigenvalue weighted by atomic mass is 31.2. The van der Waals surface area contributed by atoms with Crippen molar-refractivity contribution < 1.29 is 33.5 Å². The van der Waals surface area contributed by atoms with E-state index >= 15 is 0 Å². The Morgan fingerprint density at radius 1 is 0.511 bits per heavy atom. The van der Waals surface area contributed by atoms with Crippen LogP contribution in [0.25, 0.3) is 0 Å². The number of likely N-dealkylation sites (N-methyl/N-ethyl adjacent to an activating group) is 1. The van der Waals surface area contributed by atoms with Crippen LogP contribution in [0.2, 0.25) is 0 Å². The maximum absolute atomic E-state index is 12.9. The van der Waals surface area contributed by atoms with Crippen LogP contribution in [0.3, 0.4) is 0 Å². The van der Waals surface area contributed by atoms with Crippen molar-refractivity contribution in [3.05, 3.63) is 0 Å². The highest BCUT2D eigenvalue weighted by molar-refractivity contribution is 7.56. The SMILES string of the molecule is CCCCCCCCCCCCCCCC(=O)C(C)(C(=O)CCCCCCCCCCCCCCC)P(=O)(O)O.C[N+](C)(C)CCO. The second-order valence-corrected chi connectivity index (χ2v) is 17.2. The molecule has 282 valence electrons. The van der Waals surface area contributed by atoms with E-state index in [1.165, 1.54) is 122 Å². The van der Waals surface area contributed by atoms with E-state index in [1.54, 1.807) is 0 Å². The average molecular weight is 691 g/mol. The minimum atomic E-state index is -4.87. The summed E-state index contributed by atoms with van der Waals surface area (Å²) < 4.78 is 13.1. The number of aliphatic hydroxyl groups is 1. The van der Waals surface area contributed by atoms with Gasteiger partial charge < -0.3 is 19.4 Å². The van der Waals surface area contributed by atoms with Gasteiger partial charge in [-0.05, 0) is 19.8 Å². The Morgan fingerprint density at radius 2 is 0.745 bits per heavy atom. The molecule has 0 aliphatic carbocycles. The van der Waals surface area contributed by atoms with Crippen LogP contribution in [0.5, 0.6) is 0 Å². The quantitative estimate of drug-likeness (QED) is 0.0273. The normalized spacial score (nSPS) is 12.2. The molecule has 0 aromatic rings. The number of unbranched alkanes of at least 4 members (excludes halogenated alkanes) is 24. The molecule has 0 rings (SSSR count). The first kappa shape index (κ1) is 48.5. The molecule has 0 aromatic heterocycles. The molecule has 0 fully saturated rings. The number of aliphatic hydroxyl groups excluding tert-OH is 1. The molecular weight excluding hydrogens is 609 g/mol. The van der Waals surface area contributed by atoms with Gasteiger partial charge in [0.05, 0.1) is 27.7 Å². The summed E-state index contributed by atoms with van der Waals surface area (Å²) in [6.07, 6.45) is 31.0. The smallest absolute Gasteiger partial charge is 0.346 e. The molecule has 0 atom stereocenters. The van der Waals surface area contributed by atoms with Crippen molar-refractivity contribution in [1.82, 2.24) is 0 Å². The second-order valence-electron chi connectivity index (χ2n) is 15.2. The van der Waals surface area contributed by atoms with Crippen LogP contribution in [-0.4, -0.2) is 70.4 Å². The summed E-state index contributed by atoms with van der Waals surface area (Å²) in [5.41, 5.74) is 0. The van der Waals surface area contributed by atoms with Gasteiger partial charge in [0.2, 0.25) is 0 Å². The topological polar surface area (TPSA) is 112 Å². The summed E-state index contributed by atoms with van der Waals surface area (Å²) >= 11 is 0. The van der Waals surface area contributed by atoms with Gasteiger partial charge in [-0.15, -0.1) is 0 Å². The van der Waals surface area contributed by atoms with Gasteiger partial charge in [0.15, 0.2) is 16.7 Å². The van der Waals surface area contributed by atoms with Gasteiger partial charge in [0.1, 0.15) is 6.54 Å². The van der Waals surface area contributed by atoms with E-state index in [0.717, 1.165) is 49.6 Å². The number of quaternary nitrogens is 1. The molecule has 0 spiro atoms. The Balaban J connectivity index is 0. The van der Waals surface area contributed by atoms with Crippen molar-refractivity contribution in [2.24, 2.45) is 0 Å². The molecule has 0 aromatic carbocycles. The lowest BCUT2D eigenvalue weighted by molar-refractivity contribution is -0.870. The van der Waals surface area contributed by atoms with E-state index in [9.17, 15) is 23.9 Å². The van der Waals surface area contributed by atoms with Crippen LogP contribution < -0.4 is 0 Å². The number of nitrogens with zero attached hydrogens (tertiary/aromatic N) is 1. The Bertz CT molecular complexity index is 734.